The SMILES string of the molecule is CC1=C2[C@@H](O)C(=O)[C@@]3(C)[C@H]([C@H](C)[C@](O)(C[C@@H]1OC(=O)[C@H](OC(=O)CN1CCOCC1)[C@@H](N[B]C=O)c1ccccc1)C2(C)C)[C@]1(C)CC[C@@H]1C[C@@H]3O. The van der Waals surface area contributed by atoms with E-state index in [9.17, 15) is 34.5 Å². The molecule has 4 aliphatic carbocycles. The molecule has 52 heavy (non-hydrogen) atoms. The highest BCUT2D eigenvalue weighted by molar-refractivity contribution is 6.64. The summed E-state index contributed by atoms with van der Waals surface area (Å²) in [4.78, 5) is 55.8. The van der Waals surface area contributed by atoms with Crippen molar-refractivity contribution in [1.29, 1.82) is 0 Å². The molecule has 5 aliphatic rings. The number of Topliss-reactive ketones (excluding diaryl/α,β-unsaturated/α-hetero) is 1. The van der Waals surface area contributed by atoms with Crippen molar-refractivity contribution in [2.75, 3.05) is 32.8 Å². The number of rotatable bonds is 10. The summed E-state index contributed by atoms with van der Waals surface area (Å²) < 4.78 is 17.6. The first-order valence-electron chi connectivity index (χ1n) is 18.6. The predicted molar refractivity (Wildman–Crippen MR) is 191 cm³/mol. The van der Waals surface area contributed by atoms with Crippen LogP contribution in [-0.2, 0) is 33.4 Å². The van der Waals surface area contributed by atoms with Crippen LogP contribution in [-0.4, -0.2) is 114 Å². The summed E-state index contributed by atoms with van der Waals surface area (Å²) in [6, 6.07) is 7.76. The van der Waals surface area contributed by atoms with Gasteiger partial charge in [-0.25, -0.2) is 4.79 Å². The van der Waals surface area contributed by atoms with Gasteiger partial charge in [-0.2, -0.15) is 0 Å². The first-order chi connectivity index (χ1) is 24.5. The fourth-order valence-corrected chi connectivity index (χ4v) is 10.9. The molecule has 13 heteroatoms. The van der Waals surface area contributed by atoms with Crippen LogP contribution in [0.2, 0.25) is 0 Å². The second kappa shape index (κ2) is 14.4. The Hall–Kier alpha value is -2.94. The second-order valence-corrected chi connectivity index (χ2v) is 16.7. The van der Waals surface area contributed by atoms with Crippen LogP contribution < -0.4 is 5.23 Å². The minimum Gasteiger partial charge on any atom is -0.455 e. The van der Waals surface area contributed by atoms with Crippen LogP contribution in [0.4, 0.5) is 0 Å². The lowest BCUT2D eigenvalue weighted by Gasteiger charge is -2.69. The van der Waals surface area contributed by atoms with Crippen LogP contribution in [0.5, 0.6) is 0 Å². The fraction of sp³-hybridized carbons (Fsp3) is 0.692. The minimum absolute atomic E-state index is 0.0507. The summed E-state index contributed by atoms with van der Waals surface area (Å²) >= 11 is 0. The summed E-state index contributed by atoms with van der Waals surface area (Å²) in [7, 11) is 1.12. The summed E-state index contributed by atoms with van der Waals surface area (Å²) in [6.07, 6.45) is -2.63. The molecular weight excluding hydrogens is 667 g/mol. The lowest BCUT2D eigenvalue weighted by Crippen LogP contribution is -2.72. The lowest BCUT2D eigenvalue weighted by atomic mass is 9.36. The largest absolute Gasteiger partial charge is 0.455 e. The van der Waals surface area contributed by atoms with E-state index in [4.69, 9.17) is 14.2 Å². The van der Waals surface area contributed by atoms with Crippen LogP contribution in [0.15, 0.2) is 41.5 Å². The number of benzene rings is 1. The van der Waals surface area contributed by atoms with E-state index in [0.29, 0.717) is 50.0 Å². The molecule has 1 saturated heterocycles. The molecule has 11 atom stereocenters. The van der Waals surface area contributed by atoms with Crippen LogP contribution in [0, 0.1) is 34.0 Å². The molecule has 4 N–H and O–H groups in total. The molecule has 0 amide bonds. The Bertz CT molecular complexity index is 1580. The average Bonchev–Trinajstić information content (AvgIpc) is 3.11. The van der Waals surface area contributed by atoms with E-state index >= 15 is 0 Å². The number of morpholine rings is 1. The molecule has 1 heterocycles. The monoisotopic (exact) mass is 721 g/mol. The van der Waals surface area contributed by atoms with E-state index < -0.39 is 76.4 Å². The number of nitrogens with one attached hydrogen (secondary N) is 1. The van der Waals surface area contributed by atoms with E-state index in [1.165, 1.54) is 0 Å². The Labute approximate surface area is 306 Å². The van der Waals surface area contributed by atoms with E-state index in [-0.39, 0.29) is 29.9 Å². The first-order valence-corrected chi connectivity index (χ1v) is 18.6. The van der Waals surface area contributed by atoms with Crippen molar-refractivity contribution in [3.05, 3.63) is 47.0 Å². The van der Waals surface area contributed by atoms with E-state index in [1.807, 2.05) is 25.7 Å². The quantitative estimate of drug-likeness (QED) is 0.120. The second-order valence-electron chi connectivity index (χ2n) is 16.7. The maximum absolute atomic E-state index is 14.6. The number of ketones is 1. The lowest BCUT2D eigenvalue weighted by molar-refractivity contribution is -0.246. The topological polar surface area (TPSA) is 172 Å². The molecule has 0 spiro atoms. The standard InChI is InChI=1S/C39H54BN2O10/c1-22-26(51-35(48)32(52-28(45)20-42-14-16-50-17-15-42)30(41-40-21-43)24-10-8-7-9-11-24)19-39(49)23(2)33-37(5)13-12-25(37)18-27(44)38(33,6)34(47)31(46)29(22)36(39,3)4/h7-11,21,23,25-27,30-33,41,44,46,49H,12-20H2,1-6H3/t23-,25+,26-,27-,30-,31+,32+,33+,37+,38+,39+/m0/s1. The predicted octanol–water partition coefficient (Wildman–Crippen LogP) is 2.14. The van der Waals surface area contributed by atoms with Crippen molar-refractivity contribution in [3.63, 3.8) is 0 Å². The Morgan fingerprint density at radius 3 is 2.42 bits per heavy atom. The number of aliphatic hydroxyl groups excluding tert-OH is 2. The molecule has 0 unspecified atom stereocenters. The van der Waals surface area contributed by atoms with Gasteiger partial charge in [0.1, 0.15) is 12.2 Å². The van der Waals surface area contributed by atoms with Gasteiger partial charge in [0.2, 0.25) is 6.10 Å². The summed E-state index contributed by atoms with van der Waals surface area (Å²) in [5.74, 6) is -2.94. The molecular formula is C39H54BN2O10. The maximum Gasteiger partial charge on any atom is 0.350 e. The Morgan fingerprint density at radius 1 is 1.13 bits per heavy atom. The number of carbonyl (C=O) groups excluding carboxylic acids is 4. The van der Waals surface area contributed by atoms with Gasteiger partial charge in [-0.15, -0.1) is 0 Å². The van der Waals surface area contributed by atoms with Gasteiger partial charge in [-0.3, -0.25) is 14.5 Å². The zero-order valence-corrected chi connectivity index (χ0v) is 31.2. The fourth-order valence-electron chi connectivity index (χ4n) is 10.9. The number of nitrogens with zero attached hydrogens (tertiary/aromatic N) is 1. The molecule has 4 fully saturated rings. The molecule has 1 aromatic carbocycles. The highest BCUT2D eigenvalue weighted by Crippen LogP contribution is 2.70. The van der Waals surface area contributed by atoms with Gasteiger partial charge in [-0.1, -0.05) is 58.0 Å². The van der Waals surface area contributed by atoms with Crippen molar-refractivity contribution in [2.45, 2.75) is 103 Å². The van der Waals surface area contributed by atoms with Crippen molar-refractivity contribution in [2.24, 2.45) is 34.0 Å². The van der Waals surface area contributed by atoms with Crippen LogP contribution in [0.25, 0.3) is 0 Å². The molecule has 6 rings (SSSR count). The molecule has 0 aromatic heterocycles. The number of hydrogen-bond donors (Lipinski definition) is 4. The first kappa shape index (κ1) is 38.8. The third-order valence-electron chi connectivity index (χ3n) is 14.0. The van der Waals surface area contributed by atoms with Crippen molar-refractivity contribution in [1.82, 2.24) is 10.1 Å². The van der Waals surface area contributed by atoms with Crippen molar-refractivity contribution < 1.29 is 48.7 Å². The smallest absolute Gasteiger partial charge is 0.350 e. The van der Waals surface area contributed by atoms with E-state index in [1.54, 1.807) is 44.2 Å². The number of hydrogen-bond acceptors (Lipinski definition) is 12. The van der Waals surface area contributed by atoms with Gasteiger partial charge in [0, 0.05) is 24.9 Å². The number of esters is 2. The summed E-state index contributed by atoms with van der Waals surface area (Å²) in [6.45, 7) is 13.0. The molecule has 2 bridgehead atoms. The normalized spacial score (nSPS) is 38.3. The average molecular weight is 722 g/mol. The summed E-state index contributed by atoms with van der Waals surface area (Å²) in [5.41, 5.74) is -3.14. The molecule has 12 nitrogen and oxygen atoms in total. The van der Waals surface area contributed by atoms with Gasteiger partial charge in [0.15, 0.2) is 5.78 Å². The molecule has 3 saturated carbocycles. The zero-order chi connectivity index (χ0) is 37.8. The maximum atomic E-state index is 14.6. The van der Waals surface area contributed by atoms with Gasteiger partial charge in [0.05, 0.1) is 49.1 Å². The van der Waals surface area contributed by atoms with Gasteiger partial charge < -0.3 is 39.6 Å². The van der Waals surface area contributed by atoms with Gasteiger partial charge in [-0.05, 0) is 73.0 Å². The zero-order valence-electron chi connectivity index (χ0n) is 31.2. The van der Waals surface area contributed by atoms with Gasteiger partial charge in [0.25, 0.3) is 7.41 Å². The molecule has 1 aliphatic heterocycles. The Morgan fingerprint density at radius 2 is 1.81 bits per heavy atom. The number of fused-ring (bicyclic) bond motifs is 5. The Balaban J connectivity index is 1.39. The molecule has 283 valence electrons. The number of aliphatic hydroxyl groups is 3. The third-order valence-corrected chi connectivity index (χ3v) is 14.0. The highest BCUT2D eigenvalue weighted by Gasteiger charge is 2.72. The van der Waals surface area contributed by atoms with Crippen molar-refractivity contribution >= 4 is 31.3 Å². The molecule has 1 aromatic rings. The van der Waals surface area contributed by atoms with Crippen LogP contribution in [0.3, 0.4) is 0 Å². The number of ether oxygens (including phenoxy) is 3. The third kappa shape index (κ3) is 6.19. The Kier molecular flexibility index (Phi) is 10.7. The van der Waals surface area contributed by atoms with Crippen LogP contribution >= 0.6 is 0 Å². The highest BCUT2D eigenvalue weighted by atomic mass is 16.6. The van der Waals surface area contributed by atoms with E-state index in [0.717, 1.165) is 20.3 Å². The summed E-state index contributed by atoms with van der Waals surface area (Å²) in [5, 5.41) is 39.6. The van der Waals surface area contributed by atoms with Gasteiger partial charge >= 0.3 is 11.9 Å². The van der Waals surface area contributed by atoms with Crippen molar-refractivity contribution in [3.8, 4) is 0 Å². The number of carbonyl (C=O) groups is 4. The minimum atomic E-state index is -1.67. The molecule has 1 radical (unpaired) electrons. The van der Waals surface area contributed by atoms with Crippen LogP contribution in [0.1, 0.15) is 78.8 Å². The van der Waals surface area contributed by atoms with E-state index in [2.05, 4.69) is 12.2 Å².